The van der Waals surface area contributed by atoms with Gasteiger partial charge in [0, 0.05) is 11.4 Å². The Balaban J connectivity index is 2.03. The number of halogens is 1. The number of benzene rings is 1. The van der Waals surface area contributed by atoms with Gasteiger partial charge in [0.05, 0.1) is 12.0 Å². The van der Waals surface area contributed by atoms with Crippen molar-refractivity contribution in [3.8, 4) is 5.75 Å². The molecular weight excluding hydrogens is 254 g/mol. The molecule has 1 aromatic carbocycles. The highest BCUT2D eigenvalue weighted by Crippen LogP contribution is 2.38. The van der Waals surface area contributed by atoms with Gasteiger partial charge in [-0.25, -0.2) is 0 Å². The summed E-state index contributed by atoms with van der Waals surface area (Å²) in [4.78, 5) is 10.5. The van der Waals surface area contributed by atoms with Crippen molar-refractivity contribution in [2.75, 3.05) is 7.11 Å². The van der Waals surface area contributed by atoms with E-state index in [2.05, 4.69) is 0 Å². The van der Waals surface area contributed by atoms with Crippen molar-refractivity contribution >= 4 is 17.3 Å². The third-order valence-corrected chi connectivity index (χ3v) is 3.86. The average molecular weight is 270 g/mol. The van der Waals surface area contributed by atoms with Crippen LogP contribution in [0.2, 0.25) is 0 Å². The zero-order valence-corrected chi connectivity index (χ0v) is 11.0. The Kier molecular flexibility index (Phi) is 4.07. The minimum Gasteiger partial charge on any atom is -0.490 e. The van der Waals surface area contributed by atoms with Crippen molar-refractivity contribution in [1.29, 1.82) is 0 Å². The largest absolute Gasteiger partial charge is 0.490 e. The number of rotatable bonds is 6. The quantitative estimate of drug-likeness (QED) is 0.451. The van der Waals surface area contributed by atoms with E-state index in [1.165, 1.54) is 20.0 Å². The molecule has 1 fully saturated rings. The van der Waals surface area contributed by atoms with Crippen LogP contribution in [-0.2, 0) is 6.42 Å². The number of hydrogen-bond donors (Lipinski definition) is 0. The predicted octanol–water partition coefficient (Wildman–Crippen LogP) is 3.55. The fraction of sp³-hybridized carbons (Fsp3) is 0.538. The van der Waals surface area contributed by atoms with E-state index in [1.807, 2.05) is 6.07 Å². The smallest absolute Gasteiger partial charge is 0.311 e. The van der Waals surface area contributed by atoms with Crippen LogP contribution in [-0.4, -0.2) is 17.4 Å². The zero-order valence-electron chi connectivity index (χ0n) is 10.3. The molecule has 0 amide bonds. The fourth-order valence-electron chi connectivity index (χ4n) is 2.03. The summed E-state index contributed by atoms with van der Waals surface area (Å²) in [5.74, 6) is 0.952. The maximum Gasteiger partial charge on any atom is 0.311 e. The van der Waals surface area contributed by atoms with Crippen LogP contribution in [0.4, 0.5) is 5.69 Å². The van der Waals surface area contributed by atoms with Crippen LogP contribution >= 0.6 is 11.6 Å². The Morgan fingerprint density at radius 3 is 2.83 bits per heavy atom. The Morgan fingerprint density at radius 2 is 2.28 bits per heavy atom. The standard InChI is InChI=1S/C13H16ClNO3/c1-18-13-7-3-9(8-12(13)15(16)17)2-6-11(14)10-4-5-10/h3,7-8,10-11H,2,4-6H2,1H3. The molecule has 5 heteroatoms. The van der Waals surface area contributed by atoms with E-state index in [0.29, 0.717) is 11.7 Å². The molecule has 1 saturated carbocycles. The van der Waals surface area contributed by atoms with Crippen molar-refractivity contribution in [2.45, 2.75) is 31.1 Å². The van der Waals surface area contributed by atoms with Gasteiger partial charge in [-0.1, -0.05) is 6.07 Å². The van der Waals surface area contributed by atoms with Gasteiger partial charge >= 0.3 is 5.69 Å². The van der Waals surface area contributed by atoms with Crippen LogP contribution in [0.25, 0.3) is 0 Å². The third-order valence-electron chi connectivity index (χ3n) is 3.28. The van der Waals surface area contributed by atoms with Crippen LogP contribution in [0.1, 0.15) is 24.8 Å². The maximum absolute atomic E-state index is 10.9. The Labute approximate surface area is 111 Å². The molecule has 0 saturated heterocycles. The summed E-state index contributed by atoms with van der Waals surface area (Å²) in [5, 5.41) is 11.1. The second-order valence-corrected chi connectivity index (χ2v) is 5.22. The van der Waals surface area contributed by atoms with Crippen molar-refractivity contribution < 1.29 is 9.66 Å². The second-order valence-electron chi connectivity index (χ2n) is 4.66. The molecule has 1 atom stereocenters. The molecule has 0 aromatic heterocycles. The lowest BCUT2D eigenvalue weighted by Crippen LogP contribution is -2.03. The average Bonchev–Trinajstić information content (AvgIpc) is 3.19. The molecule has 0 radical (unpaired) electrons. The van der Waals surface area contributed by atoms with Crippen molar-refractivity contribution in [1.82, 2.24) is 0 Å². The summed E-state index contributed by atoms with van der Waals surface area (Å²) in [5.41, 5.74) is 0.960. The summed E-state index contributed by atoms with van der Waals surface area (Å²) < 4.78 is 4.97. The Hall–Kier alpha value is -1.29. The normalized spacial score (nSPS) is 16.3. The van der Waals surface area contributed by atoms with Crippen LogP contribution in [0, 0.1) is 16.0 Å². The van der Waals surface area contributed by atoms with Crippen molar-refractivity contribution in [3.05, 3.63) is 33.9 Å². The van der Waals surface area contributed by atoms with Crippen molar-refractivity contribution in [3.63, 3.8) is 0 Å². The van der Waals surface area contributed by atoms with Crippen LogP contribution in [0.5, 0.6) is 5.75 Å². The molecule has 2 rings (SSSR count). The SMILES string of the molecule is COc1ccc(CCC(Cl)C2CC2)cc1[N+](=O)[O-]. The fourth-order valence-corrected chi connectivity index (χ4v) is 2.39. The van der Waals surface area contributed by atoms with Gasteiger partial charge in [-0.3, -0.25) is 10.1 Å². The van der Waals surface area contributed by atoms with Crippen LogP contribution in [0.15, 0.2) is 18.2 Å². The summed E-state index contributed by atoms with van der Waals surface area (Å²) >= 11 is 6.23. The van der Waals surface area contributed by atoms with E-state index >= 15 is 0 Å². The molecule has 98 valence electrons. The summed E-state index contributed by atoms with van der Waals surface area (Å²) in [7, 11) is 1.43. The van der Waals surface area contributed by atoms with E-state index in [1.54, 1.807) is 12.1 Å². The van der Waals surface area contributed by atoms with Gasteiger partial charge in [0.15, 0.2) is 5.75 Å². The van der Waals surface area contributed by atoms with Crippen LogP contribution < -0.4 is 4.74 Å². The molecule has 18 heavy (non-hydrogen) atoms. The first-order valence-corrected chi connectivity index (χ1v) is 6.51. The summed E-state index contributed by atoms with van der Waals surface area (Å²) in [6.45, 7) is 0. The van der Waals surface area contributed by atoms with E-state index in [-0.39, 0.29) is 11.1 Å². The van der Waals surface area contributed by atoms with E-state index in [9.17, 15) is 10.1 Å². The highest BCUT2D eigenvalue weighted by Gasteiger charge is 2.29. The first-order valence-electron chi connectivity index (χ1n) is 6.07. The topological polar surface area (TPSA) is 52.4 Å². The minimum atomic E-state index is -0.415. The first kappa shape index (κ1) is 13.1. The third kappa shape index (κ3) is 3.13. The van der Waals surface area contributed by atoms with Crippen LogP contribution in [0.3, 0.4) is 0 Å². The highest BCUT2D eigenvalue weighted by molar-refractivity contribution is 6.20. The van der Waals surface area contributed by atoms with Gasteiger partial charge in [-0.15, -0.1) is 11.6 Å². The molecule has 0 spiro atoms. The summed E-state index contributed by atoms with van der Waals surface area (Å²) in [6, 6.07) is 5.09. The molecule has 0 aliphatic heterocycles. The predicted molar refractivity (Wildman–Crippen MR) is 70.3 cm³/mol. The molecule has 0 N–H and O–H groups in total. The van der Waals surface area contributed by atoms with Gasteiger partial charge in [-0.05, 0) is 43.2 Å². The van der Waals surface area contributed by atoms with E-state index in [0.717, 1.165) is 18.4 Å². The molecule has 4 nitrogen and oxygen atoms in total. The van der Waals surface area contributed by atoms with Gasteiger partial charge < -0.3 is 4.74 Å². The number of aryl methyl sites for hydroxylation is 1. The molecular formula is C13H16ClNO3. The number of methoxy groups -OCH3 is 1. The maximum atomic E-state index is 10.9. The monoisotopic (exact) mass is 269 g/mol. The minimum absolute atomic E-state index is 0.0209. The number of ether oxygens (including phenoxy) is 1. The van der Waals surface area contributed by atoms with Gasteiger partial charge in [0.2, 0.25) is 0 Å². The Morgan fingerprint density at radius 1 is 1.56 bits per heavy atom. The molecule has 1 aliphatic rings. The molecule has 1 aliphatic carbocycles. The zero-order chi connectivity index (χ0) is 13.1. The number of nitro benzene ring substituents is 1. The number of nitrogens with zero attached hydrogens (tertiary/aromatic N) is 1. The van der Waals surface area contributed by atoms with Gasteiger partial charge in [-0.2, -0.15) is 0 Å². The lowest BCUT2D eigenvalue weighted by molar-refractivity contribution is -0.385. The highest BCUT2D eigenvalue weighted by atomic mass is 35.5. The lowest BCUT2D eigenvalue weighted by Gasteiger charge is -2.08. The second kappa shape index (κ2) is 5.57. The summed E-state index contributed by atoms with van der Waals surface area (Å²) in [6.07, 6.45) is 4.08. The number of nitro groups is 1. The van der Waals surface area contributed by atoms with Gasteiger partial charge in [0.25, 0.3) is 0 Å². The number of hydrogen-bond acceptors (Lipinski definition) is 3. The Bertz CT molecular complexity index is 446. The number of alkyl halides is 1. The lowest BCUT2D eigenvalue weighted by atomic mass is 10.1. The van der Waals surface area contributed by atoms with E-state index < -0.39 is 4.92 Å². The molecule has 1 aromatic rings. The van der Waals surface area contributed by atoms with E-state index in [4.69, 9.17) is 16.3 Å². The van der Waals surface area contributed by atoms with Crippen molar-refractivity contribution in [2.24, 2.45) is 5.92 Å². The first-order chi connectivity index (χ1) is 8.61. The van der Waals surface area contributed by atoms with Gasteiger partial charge in [0.1, 0.15) is 0 Å². The molecule has 1 unspecified atom stereocenters. The molecule has 0 heterocycles. The molecule has 0 bridgehead atoms.